The van der Waals surface area contributed by atoms with Gasteiger partial charge in [0.2, 0.25) is 0 Å². The summed E-state index contributed by atoms with van der Waals surface area (Å²) in [7, 11) is 1.50. The number of hydrogen-bond acceptors (Lipinski definition) is 2. The molecule has 0 fully saturated rings. The molecule has 0 unspecified atom stereocenters. The van der Waals surface area contributed by atoms with Crippen LogP contribution in [0.1, 0.15) is 5.69 Å². The van der Waals surface area contributed by atoms with Crippen LogP contribution in [0.2, 0.25) is 5.15 Å². The molecule has 0 bridgehead atoms. The summed E-state index contributed by atoms with van der Waals surface area (Å²) < 4.78 is 4.96. The molecule has 3 nitrogen and oxygen atoms in total. The van der Waals surface area contributed by atoms with E-state index < -0.39 is 0 Å². The van der Waals surface area contributed by atoms with E-state index >= 15 is 0 Å². The number of aromatic nitrogens is 1. The van der Waals surface area contributed by atoms with E-state index in [-0.39, 0.29) is 10.8 Å². The molecule has 0 aliphatic heterocycles. The van der Waals surface area contributed by atoms with Crippen LogP contribution in [0.25, 0.3) is 4.85 Å². The molecule has 4 heteroatoms. The highest BCUT2D eigenvalue weighted by atomic mass is 35.5. The maximum atomic E-state index is 6.82. The predicted molar refractivity (Wildman–Crippen MR) is 46.8 cm³/mol. The minimum atomic E-state index is 0.196. The quantitative estimate of drug-likeness (QED) is 0.493. The van der Waals surface area contributed by atoms with Gasteiger partial charge in [0.05, 0.1) is 13.7 Å². The van der Waals surface area contributed by atoms with Crippen molar-refractivity contribution < 1.29 is 4.74 Å². The third-order valence-corrected chi connectivity index (χ3v) is 1.64. The van der Waals surface area contributed by atoms with Crippen LogP contribution in [0.15, 0.2) is 6.07 Å². The standard InChI is InChI=1S/C8H7ClN2O/c1-5-4-6(12-3)7(10-2)8(9)11-5/h4H,1,3H3. The second-order valence-electron chi connectivity index (χ2n) is 2.22. The molecule has 0 radical (unpaired) electrons. The van der Waals surface area contributed by atoms with Gasteiger partial charge in [-0.2, -0.15) is 0 Å². The lowest BCUT2D eigenvalue weighted by Crippen LogP contribution is -1.88. The zero-order valence-electron chi connectivity index (χ0n) is 6.76. The van der Waals surface area contributed by atoms with Gasteiger partial charge in [0.15, 0.2) is 0 Å². The number of ether oxygens (including phenoxy) is 1. The number of rotatable bonds is 1. The van der Waals surface area contributed by atoms with Crippen molar-refractivity contribution in [2.45, 2.75) is 6.92 Å². The molecular weight excluding hydrogens is 176 g/mol. The van der Waals surface area contributed by atoms with E-state index in [1.54, 1.807) is 13.0 Å². The summed E-state index contributed by atoms with van der Waals surface area (Å²) >= 11 is 5.71. The fourth-order valence-electron chi connectivity index (χ4n) is 0.857. The van der Waals surface area contributed by atoms with Crippen LogP contribution in [0, 0.1) is 13.5 Å². The minimum absolute atomic E-state index is 0.196. The zero-order chi connectivity index (χ0) is 9.14. The molecule has 0 aliphatic rings. The van der Waals surface area contributed by atoms with Gasteiger partial charge in [-0.1, -0.05) is 11.6 Å². The molecular formula is C8H7ClN2O. The molecule has 0 spiro atoms. The van der Waals surface area contributed by atoms with Gasteiger partial charge < -0.3 is 4.74 Å². The van der Waals surface area contributed by atoms with Gasteiger partial charge in [-0.3, -0.25) is 4.98 Å². The Morgan fingerprint density at radius 3 is 2.83 bits per heavy atom. The molecule has 0 atom stereocenters. The van der Waals surface area contributed by atoms with Crippen molar-refractivity contribution in [2.24, 2.45) is 0 Å². The van der Waals surface area contributed by atoms with Crippen LogP contribution in [0.4, 0.5) is 5.69 Å². The van der Waals surface area contributed by atoms with E-state index in [0.29, 0.717) is 5.75 Å². The van der Waals surface area contributed by atoms with E-state index in [1.165, 1.54) is 7.11 Å². The summed E-state index contributed by atoms with van der Waals surface area (Å²) in [5.41, 5.74) is 1.01. The maximum absolute atomic E-state index is 6.82. The van der Waals surface area contributed by atoms with Gasteiger partial charge in [0.1, 0.15) is 10.9 Å². The molecule has 1 aromatic heterocycles. The second kappa shape index (κ2) is 3.42. The summed E-state index contributed by atoms with van der Waals surface area (Å²) in [6.07, 6.45) is 0. The molecule has 0 aromatic carbocycles. The van der Waals surface area contributed by atoms with E-state index in [0.717, 1.165) is 5.69 Å². The smallest absolute Gasteiger partial charge is 0.264 e. The Labute approximate surface area is 75.8 Å². The third-order valence-electron chi connectivity index (χ3n) is 1.38. The SMILES string of the molecule is [C-]#[N+]c1c(OC)cc(C)nc1Cl. The van der Waals surface area contributed by atoms with Crippen LogP contribution >= 0.6 is 11.6 Å². The van der Waals surface area contributed by atoms with Crippen molar-refractivity contribution >= 4 is 17.3 Å². The Kier molecular flexibility index (Phi) is 2.51. The van der Waals surface area contributed by atoms with Crippen molar-refractivity contribution in [1.82, 2.24) is 4.98 Å². The fourth-order valence-corrected chi connectivity index (χ4v) is 1.13. The summed E-state index contributed by atoms with van der Waals surface area (Å²) in [6, 6.07) is 1.68. The van der Waals surface area contributed by atoms with E-state index in [4.69, 9.17) is 22.9 Å². The number of methoxy groups -OCH3 is 1. The lowest BCUT2D eigenvalue weighted by molar-refractivity contribution is 0.416. The molecule has 0 saturated carbocycles. The lowest BCUT2D eigenvalue weighted by Gasteiger charge is -2.04. The topological polar surface area (TPSA) is 26.5 Å². The molecule has 62 valence electrons. The average molecular weight is 183 g/mol. The number of nitrogens with zero attached hydrogens (tertiary/aromatic N) is 2. The van der Waals surface area contributed by atoms with Gasteiger partial charge >= 0.3 is 0 Å². The zero-order valence-corrected chi connectivity index (χ0v) is 7.51. The minimum Gasteiger partial charge on any atom is -0.508 e. The number of pyridine rings is 1. The molecule has 0 aliphatic carbocycles. The summed E-state index contributed by atoms with van der Waals surface area (Å²) in [5.74, 6) is 0.475. The number of aryl methyl sites for hydroxylation is 1. The Bertz CT molecular complexity index is 344. The normalized spacial score (nSPS) is 9.17. The van der Waals surface area contributed by atoms with E-state index in [9.17, 15) is 0 Å². The van der Waals surface area contributed by atoms with Crippen LogP contribution in [0.3, 0.4) is 0 Å². The Morgan fingerprint density at radius 1 is 1.67 bits per heavy atom. The van der Waals surface area contributed by atoms with Crippen LogP contribution < -0.4 is 4.74 Å². The highest BCUT2D eigenvalue weighted by Gasteiger charge is 2.09. The molecule has 0 saturated heterocycles. The van der Waals surface area contributed by atoms with Crippen molar-refractivity contribution in [3.8, 4) is 5.75 Å². The first kappa shape index (κ1) is 8.82. The third kappa shape index (κ3) is 1.49. The van der Waals surface area contributed by atoms with Crippen molar-refractivity contribution in [3.05, 3.63) is 28.3 Å². The van der Waals surface area contributed by atoms with Crippen molar-refractivity contribution in [2.75, 3.05) is 7.11 Å². The molecule has 0 amide bonds. The van der Waals surface area contributed by atoms with Crippen LogP contribution in [-0.4, -0.2) is 12.1 Å². The first-order valence-corrected chi connectivity index (χ1v) is 3.65. The highest BCUT2D eigenvalue weighted by Crippen LogP contribution is 2.33. The molecule has 1 rings (SSSR count). The first-order chi connectivity index (χ1) is 5.69. The van der Waals surface area contributed by atoms with Crippen LogP contribution in [-0.2, 0) is 0 Å². The van der Waals surface area contributed by atoms with Gasteiger partial charge in [-0.25, -0.2) is 4.85 Å². The van der Waals surface area contributed by atoms with Crippen LogP contribution in [0.5, 0.6) is 5.75 Å². The maximum Gasteiger partial charge on any atom is 0.264 e. The Morgan fingerprint density at radius 2 is 2.33 bits per heavy atom. The summed E-state index contributed by atoms with van der Waals surface area (Å²) in [4.78, 5) is 7.14. The second-order valence-corrected chi connectivity index (χ2v) is 2.58. The van der Waals surface area contributed by atoms with E-state index in [2.05, 4.69) is 9.83 Å². The Balaban J connectivity index is 3.36. The van der Waals surface area contributed by atoms with Gasteiger partial charge in [0, 0.05) is 5.69 Å². The van der Waals surface area contributed by atoms with Crippen molar-refractivity contribution in [1.29, 1.82) is 0 Å². The Hall–Kier alpha value is -1.27. The molecule has 1 heterocycles. The lowest BCUT2D eigenvalue weighted by atomic mass is 10.3. The van der Waals surface area contributed by atoms with E-state index in [1.807, 2.05) is 0 Å². The van der Waals surface area contributed by atoms with Crippen molar-refractivity contribution in [3.63, 3.8) is 0 Å². The number of halogens is 1. The fraction of sp³-hybridized carbons (Fsp3) is 0.250. The predicted octanol–water partition coefficient (Wildman–Crippen LogP) is 2.60. The summed E-state index contributed by atoms with van der Waals surface area (Å²) in [5, 5.41) is 0.196. The first-order valence-electron chi connectivity index (χ1n) is 3.27. The van der Waals surface area contributed by atoms with Gasteiger partial charge in [-0.05, 0) is 13.0 Å². The number of hydrogen-bond donors (Lipinski definition) is 0. The summed E-state index contributed by atoms with van der Waals surface area (Å²) in [6.45, 7) is 8.61. The monoisotopic (exact) mass is 182 g/mol. The molecule has 12 heavy (non-hydrogen) atoms. The van der Waals surface area contributed by atoms with Gasteiger partial charge in [0.25, 0.3) is 5.69 Å². The average Bonchev–Trinajstić information content (AvgIpc) is 2.03. The largest absolute Gasteiger partial charge is 0.508 e. The van der Waals surface area contributed by atoms with Gasteiger partial charge in [-0.15, -0.1) is 0 Å². The highest BCUT2D eigenvalue weighted by molar-refractivity contribution is 6.32. The molecule has 0 N–H and O–H groups in total. The molecule has 1 aromatic rings.